The molecule has 10 heavy (non-hydrogen) atoms. The molecule has 2 N–H and O–H groups in total. The fourth-order valence-corrected chi connectivity index (χ4v) is 2.14. The van der Waals surface area contributed by atoms with Gasteiger partial charge in [0.25, 0.3) is 0 Å². The smallest absolute Gasteiger partial charge is 0.174 e. The Hall–Kier alpha value is -0.340. The van der Waals surface area contributed by atoms with E-state index in [-0.39, 0.29) is 0 Å². The van der Waals surface area contributed by atoms with E-state index in [1.165, 1.54) is 12.0 Å². The van der Waals surface area contributed by atoms with E-state index in [0.717, 1.165) is 30.8 Å². The number of hydrogen-bond donors (Lipinski definition) is 2. The van der Waals surface area contributed by atoms with Crippen LogP contribution in [-0.2, 0) is 0 Å². The third kappa shape index (κ3) is 0.796. The molecule has 0 heterocycles. The van der Waals surface area contributed by atoms with E-state index in [1.807, 2.05) is 0 Å². The number of rotatable bonds is 1. The summed E-state index contributed by atoms with van der Waals surface area (Å²) in [5.41, 5.74) is 2.23. The van der Waals surface area contributed by atoms with Gasteiger partial charge in [-0.1, -0.05) is 5.57 Å². The zero-order valence-corrected chi connectivity index (χ0v) is 5.88. The van der Waals surface area contributed by atoms with Gasteiger partial charge in [0, 0.05) is 0 Å². The molecule has 2 nitrogen and oxygen atoms in total. The molecule has 0 radical (unpaired) electrons. The standard InChI is InChI=1S/C8H12O2/c9-8(10)7-4-5-1-2-6(7)3-5/h5,8-10H,1-4H2. The third-order valence-electron chi connectivity index (χ3n) is 2.66. The highest BCUT2D eigenvalue weighted by Gasteiger charge is 2.32. The predicted octanol–water partition coefficient (Wildman–Crippen LogP) is 0.797. The molecule has 2 aliphatic carbocycles. The Morgan fingerprint density at radius 3 is 2.40 bits per heavy atom. The maximum Gasteiger partial charge on any atom is 0.174 e. The van der Waals surface area contributed by atoms with Gasteiger partial charge in [0.05, 0.1) is 0 Å². The second-order valence-electron chi connectivity index (χ2n) is 3.32. The Bertz CT molecular complexity index is 182. The molecule has 1 saturated carbocycles. The van der Waals surface area contributed by atoms with Crippen LogP contribution in [0.5, 0.6) is 0 Å². The zero-order chi connectivity index (χ0) is 7.14. The average Bonchev–Trinajstić information content (AvgIpc) is 2.44. The van der Waals surface area contributed by atoms with Crippen molar-refractivity contribution in [2.75, 3.05) is 0 Å². The molecular weight excluding hydrogens is 128 g/mol. The van der Waals surface area contributed by atoms with Crippen LogP contribution in [0.2, 0.25) is 0 Å². The van der Waals surface area contributed by atoms with Crippen molar-refractivity contribution in [3.05, 3.63) is 11.1 Å². The molecule has 2 bridgehead atoms. The SMILES string of the molecule is OC(O)C1=C2CCC(C2)C1. The summed E-state index contributed by atoms with van der Waals surface area (Å²) in [7, 11) is 0. The number of aliphatic hydroxyl groups excluding tert-OH is 1. The molecule has 0 spiro atoms. The summed E-state index contributed by atoms with van der Waals surface area (Å²) < 4.78 is 0. The number of hydrogen-bond acceptors (Lipinski definition) is 2. The molecular formula is C8H12O2. The molecule has 0 saturated heterocycles. The van der Waals surface area contributed by atoms with Crippen molar-refractivity contribution >= 4 is 0 Å². The molecule has 0 aliphatic heterocycles. The molecule has 0 aromatic rings. The first-order valence-electron chi connectivity index (χ1n) is 3.84. The van der Waals surface area contributed by atoms with Crippen molar-refractivity contribution in [2.24, 2.45) is 5.92 Å². The lowest BCUT2D eigenvalue weighted by molar-refractivity contribution is -0.0115. The molecule has 0 aromatic heterocycles. The van der Waals surface area contributed by atoms with Crippen LogP contribution in [0.3, 0.4) is 0 Å². The number of fused-ring (bicyclic) bond motifs is 2. The van der Waals surface area contributed by atoms with Crippen LogP contribution in [0.15, 0.2) is 11.1 Å². The van der Waals surface area contributed by atoms with Gasteiger partial charge in [-0.2, -0.15) is 0 Å². The van der Waals surface area contributed by atoms with Crippen molar-refractivity contribution < 1.29 is 10.2 Å². The minimum absolute atomic E-state index is 0.742. The number of allylic oxidation sites excluding steroid dienone is 1. The van der Waals surface area contributed by atoms with Crippen LogP contribution in [0.25, 0.3) is 0 Å². The first kappa shape index (κ1) is 6.38. The second kappa shape index (κ2) is 2.07. The topological polar surface area (TPSA) is 40.5 Å². The molecule has 2 heteroatoms. The quantitative estimate of drug-likeness (QED) is 0.417. The van der Waals surface area contributed by atoms with Crippen LogP contribution in [0.4, 0.5) is 0 Å². The Morgan fingerprint density at radius 1 is 1.30 bits per heavy atom. The van der Waals surface area contributed by atoms with Gasteiger partial charge in [-0.15, -0.1) is 0 Å². The van der Waals surface area contributed by atoms with Crippen LogP contribution in [-0.4, -0.2) is 16.5 Å². The van der Waals surface area contributed by atoms with E-state index in [2.05, 4.69) is 0 Å². The highest BCUT2D eigenvalue weighted by Crippen LogP contribution is 2.44. The summed E-state index contributed by atoms with van der Waals surface area (Å²) in [5.74, 6) is 0.742. The van der Waals surface area contributed by atoms with E-state index < -0.39 is 6.29 Å². The summed E-state index contributed by atoms with van der Waals surface area (Å²) in [6.07, 6.45) is 3.28. The third-order valence-corrected chi connectivity index (χ3v) is 2.66. The summed E-state index contributed by atoms with van der Waals surface area (Å²) in [6, 6.07) is 0. The Kier molecular flexibility index (Phi) is 1.32. The Morgan fingerprint density at radius 2 is 2.10 bits per heavy atom. The highest BCUT2D eigenvalue weighted by atomic mass is 16.5. The molecule has 0 amide bonds. The van der Waals surface area contributed by atoms with Crippen LogP contribution < -0.4 is 0 Å². The van der Waals surface area contributed by atoms with E-state index in [0.29, 0.717) is 0 Å². The van der Waals surface area contributed by atoms with Gasteiger partial charge >= 0.3 is 0 Å². The average molecular weight is 140 g/mol. The van der Waals surface area contributed by atoms with Gasteiger partial charge < -0.3 is 10.2 Å². The van der Waals surface area contributed by atoms with Gasteiger partial charge in [-0.25, -0.2) is 0 Å². The minimum Gasteiger partial charge on any atom is -0.365 e. The van der Waals surface area contributed by atoms with Crippen LogP contribution in [0.1, 0.15) is 25.7 Å². The maximum absolute atomic E-state index is 8.87. The summed E-state index contributed by atoms with van der Waals surface area (Å²) in [4.78, 5) is 0. The van der Waals surface area contributed by atoms with Crippen LogP contribution >= 0.6 is 0 Å². The lowest BCUT2D eigenvalue weighted by Crippen LogP contribution is -2.11. The predicted molar refractivity (Wildman–Crippen MR) is 37.2 cm³/mol. The second-order valence-corrected chi connectivity index (χ2v) is 3.32. The fraction of sp³-hybridized carbons (Fsp3) is 0.750. The molecule has 1 unspecified atom stereocenters. The molecule has 1 atom stereocenters. The van der Waals surface area contributed by atoms with Gasteiger partial charge in [0.1, 0.15) is 0 Å². The lowest BCUT2D eigenvalue weighted by Gasteiger charge is -2.12. The number of aliphatic hydroxyl groups is 2. The van der Waals surface area contributed by atoms with Crippen LogP contribution in [0, 0.1) is 5.92 Å². The van der Waals surface area contributed by atoms with Crippen molar-refractivity contribution in [2.45, 2.75) is 32.0 Å². The molecule has 0 aromatic carbocycles. The van der Waals surface area contributed by atoms with E-state index in [1.54, 1.807) is 0 Å². The Balaban J connectivity index is 2.22. The van der Waals surface area contributed by atoms with Crippen molar-refractivity contribution in [3.8, 4) is 0 Å². The summed E-state index contributed by atoms with van der Waals surface area (Å²) >= 11 is 0. The van der Waals surface area contributed by atoms with Crippen molar-refractivity contribution in [1.29, 1.82) is 0 Å². The molecule has 2 rings (SSSR count). The van der Waals surface area contributed by atoms with Gasteiger partial charge in [-0.3, -0.25) is 0 Å². The largest absolute Gasteiger partial charge is 0.365 e. The maximum atomic E-state index is 8.87. The monoisotopic (exact) mass is 140 g/mol. The van der Waals surface area contributed by atoms with Crippen molar-refractivity contribution in [1.82, 2.24) is 0 Å². The molecule has 1 fully saturated rings. The van der Waals surface area contributed by atoms with Crippen molar-refractivity contribution in [3.63, 3.8) is 0 Å². The fourth-order valence-electron chi connectivity index (χ4n) is 2.14. The van der Waals surface area contributed by atoms with Gasteiger partial charge in [0.15, 0.2) is 6.29 Å². The summed E-state index contributed by atoms with van der Waals surface area (Å²) in [6.45, 7) is 0. The van der Waals surface area contributed by atoms with E-state index >= 15 is 0 Å². The first-order valence-corrected chi connectivity index (χ1v) is 3.84. The zero-order valence-electron chi connectivity index (χ0n) is 5.88. The molecule has 56 valence electrons. The first-order chi connectivity index (χ1) is 4.77. The normalized spacial score (nSPS) is 30.9. The van der Waals surface area contributed by atoms with Gasteiger partial charge in [-0.05, 0) is 37.2 Å². The van der Waals surface area contributed by atoms with E-state index in [9.17, 15) is 0 Å². The summed E-state index contributed by atoms with van der Waals surface area (Å²) in [5, 5.41) is 17.7. The van der Waals surface area contributed by atoms with E-state index in [4.69, 9.17) is 10.2 Å². The lowest BCUT2D eigenvalue weighted by atomic mass is 9.99. The highest BCUT2D eigenvalue weighted by molar-refractivity contribution is 5.26. The Labute approximate surface area is 60.2 Å². The molecule has 2 aliphatic rings. The van der Waals surface area contributed by atoms with Gasteiger partial charge in [0.2, 0.25) is 0 Å². The minimum atomic E-state index is -1.17.